The van der Waals surface area contributed by atoms with Gasteiger partial charge in [-0.05, 0) is 11.6 Å². The molecule has 2 N–H and O–H groups in total. The van der Waals surface area contributed by atoms with Crippen LogP contribution in [0.3, 0.4) is 0 Å². The third kappa shape index (κ3) is 3.60. The second-order valence-electron chi connectivity index (χ2n) is 2.85. The fourth-order valence-electron chi connectivity index (χ4n) is 1.03. The van der Waals surface area contributed by atoms with Gasteiger partial charge in [0.1, 0.15) is 12.6 Å². The smallest absolute Gasteiger partial charge is 0.334 e. The number of rotatable bonds is 3. The van der Waals surface area contributed by atoms with Crippen molar-refractivity contribution in [3.8, 4) is 0 Å². The van der Waals surface area contributed by atoms with Gasteiger partial charge in [0, 0.05) is 12.2 Å². The third-order valence-electron chi connectivity index (χ3n) is 1.60. The first-order valence-electron chi connectivity index (χ1n) is 3.77. The monoisotopic (exact) mass is 251 g/mol. The highest BCUT2D eigenvalue weighted by molar-refractivity contribution is 7.49. The van der Waals surface area contributed by atoms with Crippen molar-refractivity contribution in [3.05, 3.63) is 33.7 Å². The summed E-state index contributed by atoms with van der Waals surface area (Å²) in [6.07, 6.45) is -0.572. The summed E-state index contributed by atoms with van der Waals surface area (Å²) in [5, 5.41) is 8.46. The molecule has 1 unspecified atom stereocenters. The molecule has 0 bridgehead atoms. The lowest BCUT2D eigenvalue weighted by Crippen LogP contribution is -2.02. The lowest BCUT2D eigenvalue weighted by atomic mass is 10.2. The van der Waals surface area contributed by atoms with Crippen LogP contribution in [0.2, 0.25) is 5.02 Å². The maximum Gasteiger partial charge on any atom is 0.334 e. The Hall–Kier alpha value is -0.940. The average Bonchev–Trinajstić information content (AvgIpc) is 1.99. The van der Waals surface area contributed by atoms with Crippen molar-refractivity contribution in [1.82, 2.24) is 0 Å². The van der Waals surface area contributed by atoms with E-state index in [2.05, 4.69) is 0 Å². The minimum Gasteiger partial charge on any atom is -0.778 e. The van der Waals surface area contributed by atoms with E-state index in [4.69, 9.17) is 21.7 Å². The molecule has 0 radical (unpaired) electrons. The minimum atomic E-state index is -4.41. The Morgan fingerprint density at radius 2 is 2.13 bits per heavy atom. The Bertz CT molecular complexity index is 443. The number of hydrogen-bond acceptors (Lipinski definition) is 3. The van der Waals surface area contributed by atoms with Crippen LogP contribution in [0.25, 0.3) is 0 Å². The zero-order valence-electron chi connectivity index (χ0n) is 7.33. The number of hydrogen-bond donors (Lipinski definition) is 2. The molecule has 0 fully saturated rings. The minimum absolute atomic E-state index is 0.0987. The van der Waals surface area contributed by atoms with Gasteiger partial charge in [0.15, 0.2) is 0 Å². The zero-order valence-corrected chi connectivity index (χ0v) is 8.98. The number of halogens is 1. The van der Waals surface area contributed by atoms with Gasteiger partial charge in [0.25, 0.3) is 4.92 Å². The van der Waals surface area contributed by atoms with E-state index < -0.39 is 18.7 Å². The van der Waals surface area contributed by atoms with Crippen molar-refractivity contribution in [3.63, 3.8) is 0 Å². The van der Waals surface area contributed by atoms with Gasteiger partial charge in [0.05, 0.1) is 4.91 Å². The predicted octanol–water partition coefficient (Wildman–Crippen LogP) is 1.19. The quantitative estimate of drug-likeness (QED) is 0.621. The highest BCUT2D eigenvalue weighted by Crippen LogP contribution is 2.36. The van der Waals surface area contributed by atoms with Crippen LogP contribution < -0.4 is 4.89 Å². The van der Waals surface area contributed by atoms with E-state index in [0.717, 1.165) is 6.07 Å². The topological polar surface area (TPSA) is 101 Å². The van der Waals surface area contributed by atoms with Crippen LogP contribution in [0.4, 0.5) is 5.69 Å². The molecule has 0 amide bonds. The molecule has 15 heavy (non-hydrogen) atoms. The molecule has 0 spiro atoms. The lowest BCUT2D eigenvalue weighted by Gasteiger charge is -2.14. The average molecular weight is 252 g/mol. The van der Waals surface area contributed by atoms with Crippen molar-refractivity contribution in [2.45, 2.75) is 6.16 Å². The van der Waals surface area contributed by atoms with Gasteiger partial charge in [-0.2, -0.15) is 0 Å². The fraction of sp³-hybridized carbons (Fsp3) is 0.143. The maximum atomic E-state index is 10.5. The van der Waals surface area contributed by atoms with Gasteiger partial charge < -0.3 is 14.4 Å². The van der Waals surface area contributed by atoms with E-state index in [1.54, 1.807) is 0 Å². The first kappa shape index (κ1) is 12.1. The Morgan fingerprint density at radius 1 is 1.53 bits per heavy atom. The maximum absolute atomic E-state index is 10.5. The van der Waals surface area contributed by atoms with Crippen LogP contribution in [-0.2, 0) is 10.7 Å². The largest absolute Gasteiger partial charge is 0.778 e. The molecule has 1 aromatic rings. The summed E-state index contributed by atoms with van der Waals surface area (Å²) in [5.41, 5.74) is 0.0329. The number of nitrogens with zero attached hydrogens (tertiary/aromatic N) is 1. The van der Waals surface area contributed by atoms with Crippen LogP contribution in [0, 0.1) is 4.91 Å². The van der Waals surface area contributed by atoms with Crippen LogP contribution in [-0.4, -0.2) is 15.0 Å². The predicted molar refractivity (Wildman–Crippen MR) is 50.1 cm³/mol. The molecule has 0 saturated heterocycles. The van der Waals surface area contributed by atoms with E-state index >= 15 is 0 Å². The Kier molecular flexibility index (Phi) is 3.46. The molecule has 82 valence electrons. The summed E-state index contributed by atoms with van der Waals surface area (Å²) in [6, 6.07) is 3.60. The van der Waals surface area contributed by atoms with E-state index in [1.807, 2.05) is 0 Å². The molecule has 6 nitrogen and oxygen atoms in total. The molecule has 0 aliphatic rings. The van der Waals surface area contributed by atoms with Gasteiger partial charge >= 0.3 is 5.69 Å². The van der Waals surface area contributed by atoms with Crippen molar-refractivity contribution < 1.29 is 24.5 Å². The summed E-state index contributed by atoms with van der Waals surface area (Å²) >= 11 is 5.58. The Balaban J connectivity index is 3.02. The molecule has 0 aliphatic carbocycles. The Morgan fingerprint density at radius 3 is 2.53 bits per heavy atom. The van der Waals surface area contributed by atoms with Gasteiger partial charge in [-0.1, -0.05) is 17.7 Å². The summed E-state index contributed by atoms with van der Waals surface area (Å²) < 4.78 is 10.5. The number of benzene rings is 1. The van der Waals surface area contributed by atoms with Crippen LogP contribution >= 0.6 is 19.2 Å². The molecule has 0 heterocycles. The van der Waals surface area contributed by atoms with Gasteiger partial charge in [0.2, 0.25) is 0 Å². The van der Waals surface area contributed by atoms with Gasteiger partial charge in [-0.15, -0.1) is 0 Å². The van der Waals surface area contributed by atoms with Crippen LogP contribution in [0.15, 0.2) is 18.2 Å². The molecule has 0 aromatic heterocycles. The lowest BCUT2D eigenvalue weighted by molar-refractivity contribution is -0.729. The first-order valence-corrected chi connectivity index (χ1v) is 5.91. The standard InChI is InChI=1S/C7H7ClNO5P/c8-6-3-5(4-15(12,13)14)1-2-7(6)9(10)11/h1-3H,4H2,(H2-,10,11,12,13,14). The van der Waals surface area contributed by atoms with Crippen LogP contribution in [0.5, 0.6) is 0 Å². The second-order valence-corrected chi connectivity index (χ2v) is 4.85. The molecule has 0 aliphatic heterocycles. The van der Waals surface area contributed by atoms with Crippen molar-refractivity contribution >= 4 is 24.9 Å². The fourth-order valence-corrected chi connectivity index (χ4v) is 1.97. The van der Waals surface area contributed by atoms with E-state index in [0.29, 0.717) is 0 Å². The first-order chi connectivity index (χ1) is 6.79. The highest BCUT2D eigenvalue weighted by Gasteiger charge is 2.18. The summed E-state index contributed by atoms with van der Waals surface area (Å²) in [4.78, 5) is 29.2. The highest BCUT2D eigenvalue weighted by atomic mass is 35.5. The molecule has 1 aromatic carbocycles. The zero-order chi connectivity index (χ0) is 11.6. The molecule has 1 rings (SSSR count). The molecular weight excluding hydrogens is 245 g/mol. The molecular formula is C7H7ClNO5P. The van der Waals surface area contributed by atoms with Crippen molar-refractivity contribution in [1.29, 1.82) is 0 Å². The molecule has 8 heteroatoms. The SMILES string of the molecule is O=[N+](O)c1ccc(CP(=O)([O-])O)cc1Cl. The molecule has 0 saturated carbocycles. The van der Waals surface area contributed by atoms with E-state index in [9.17, 15) is 14.4 Å². The van der Waals surface area contributed by atoms with Crippen molar-refractivity contribution in [2.75, 3.05) is 0 Å². The molecule has 1 atom stereocenters. The normalized spacial score (nSPS) is 14.6. The summed E-state index contributed by atoms with van der Waals surface area (Å²) in [6.45, 7) is 0. The van der Waals surface area contributed by atoms with Crippen LogP contribution in [0.1, 0.15) is 5.56 Å². The van der Waals surface area contributed by atoms with Gasteiger partial charge in [-0.25, -0.2) is 5.21 Å². The summed E-state index contributed by atoms with van der Waals surface area (Å²) in [7, 11) is -4.41. The van der Waals surface area contributed by atoms with Crippen molar-refractivity contribution in [2.24, 2.45) is 0 Å². The Labute approximate surface area is 89.8 Å². The summed E-state index contributed by atoms with van der Waals surface area (Å²) in [5.74, 6) is 0. The third-order valence-corrected chi connectivity index (χ3v) is 2.67. The van der Waals surface area contributed by atoms with E-state index in [-0.39, 0.29) is 16.3 Å². The second kappa shape index (κ2) is 4.28. The van der Waals surface area contributed by atoms with Gasteiger partial charge in [-0.3, -0.25) is 0 Å². The van der Waals surface area contributed by atoms with E-state index in [1.165, 1.54) is 12.1 Å².